The van der Waals surface area contributed by atoms with Crippen LogP contribution in [0.25, 0.3) is 6.08 Å². The SMILES string of the molecule is NCC=Cc1ccc2c(c1)NC(=O)C2. The van der Waals surface area contributed by atoms with Gasteiger partial charge in [-0.1, -0.05) is 24.3 Å². The molecule has 0 saturated heterocycles. The van der Waals surface area contributed by atoms with Gasteiger partial charge in [0.1, 0.15) is 0 Å². The van der Waals surface area contributed by atoms with Crippen LogP contribution in [0.5, 0.6) is 0 Å². The number of fused-ring (bicyclic) bond motifs is 1. The molecular formula is C11H12N2O. The van der Waals surface area contributed by atoms with E-state index in [1.54, 1.807) is 0 Å². The van der Waals surface area contributed by atoms with Gasteiger partial charge >= 0.3 is 0 Å². The van der Waals surface area contributed by atoms with Gasteiger partial charge in [0.15, 0.2) is 0 Å². The van der Waals surface area contributed by atoms with Crippen molar-refractivity contribution in [3.05, 3.63) is 35.4 Å². The number of nitrogens with one attached hydrogen (secondary N) is 1. The van der Waals surface area contributed by atoms with E-state index >= 15 is 0 Å². The average molecular weight is 188 g/mol. The number of amides is 1. The standard InChI is InChI=1S/C11H12N2O/c12-5-1-2-8-3-4-9-7-11(14)13-10(9)6-8/h1-4,6H,5,7,12H2,(H,13,14). The van der Waals surface area contributed by atoms with Gasteiger partial charge < -0.3 is 11.1 Å². The highest BCUT2D eigenvalue weighted by Gasteiger charge is 2.16. The average Bonchev–Trinajstić information content (AvgIpc) is 2.54. The van der Waals surface area contributed by atoms with Crippen LogP contribution in [-0.2, 0) is 11.2 Å². The van der Waals surface area contributed by atoms with Crippen LogP contribution in [0, 0.1) is 0 Å². The summed E-state index contributed by atoms with van der Waals surface area (Å²) in [5.41, 5.74) is 8.42. The number of carbonyl (C=O) groups is 1. The molecule has 1 amide bonds. The van der Waals surface area contributed by atoms with E-state index in [4.69, 9.17) is 5.73 Å². The third-order valence-electron chi connectivity index (χ3n) is 2.21. The monoisotopic (exact) mass is 188 g/mol. The maximum absolute atomic E-state index is 11.1. The number of benzene rings is 1. The molecule has 0 aromatic heterocycles. The molecule has 1 heterocycles. The maximum atomic E-state index is 11.1. The van der Waals surface area contributed by atoms with Crippen LogP contribution in [-0.4, -0.2) is 12.5 Å². The van der Waals surface area contributed by atoms with Crippen molar-refractivity contribution in [2.75, 3.05) is 11.9 Å². The number of rotatable bonds is 2. The number of anilines is 1. The zero-order valence-corrected chi connectivity index (χ0v) is 7.79. The van der Waals surface area contributed by atoms with Gasteiger partial charge in [-0.2, -0.15) is 0 Å². The summed E-state index contributed by atoms with van der Waals surface area (Å²) in [6, 6.07) is 5.93. The van der Waals surface area contributed by atoms with E-state index in [1.165, 1.54) is 0 Å². The van der Waals surface area contributed by atoms with Gasteiger partial charge in [0.25, 0.3) is 0 Å². The van der Waals surface area contributed by atoms with Crippen molar-refractivity contribution in [1.82, 2.24) is 0 Å². The topological polar surface area (TPSA) is 55.1 Å². The number of hydrogen-bond donors (Lipinski definition) is 2. The van der Waals surface area contributed by atoms with Gasteiger partial charge in [-0.25, -0.2) is 0 Å². The van der Waals surface area contributed by atoms with Gasteiger partial charge in [0.05, 0.1) is 6.42 Å². The smallest absolute Gasteiger partial charge is 0.228 e. The molecular weight excluding hydrogens is 176 g/mol. The van der Waals surface area contributed by atoms with E-state index in [-0.39, 0.29) is 5.91 Å². The highest BCUT2D eigenvalue weighted by atomic mass is 16.1. The fourth-order valence-electron chi connectivity index (χ4n) is 1.54. The van der Waals surface area contributed by atoms with Crippen molar-refractivity contribution in [3.63, 3.8) is 0 Å². The van der Waals surface area contributed by atoms with Crippen LogP contribution < -0.4 is 11.1 Å². The molecule has 1 aromatic carbocycles. The van der Waals surface area contributed by atoms with E-state index in [0.717, 1.165) is 16.8 Å². The summed E-state index contributed by atoms with van der Waals surface area (Å²) < 4.78 is 0. The summed E-state index contributed by atoms with van der Waals surface area (Å²) in [5.74, 6) is 0.0694. The molecule has 3 N–H and O–H groups in total. The van der Waals surface area contributed by atoms with Gasteiger partial charge in [-0.3, -0.25) is 4.79 Å². The molecule has 1 aliphatic heterocycles. The minimum Gasteiger partial charge on any atom is -0.327 e. The van der Waals surface area contributed by atoms with Gasteiger partial charge in [-0.05, 0) is 17.2 Å². The van der Waals surface area contributed by atoms with E-state index in [0.29, 0.717) is 13.0 Å². The Labute approximate surface area is 82.6 Å². The zero-order valence-electron chi connectivity index (χ0n) is 7.79. The molecule has 0 spiro atoms. The third-order valence-corrected chi connectivity index (χ3v) is 2.21. The Hall–Kier alpha value is -1.61. The highest BCUT2D eigenvalue weighted by molar-refractivity contribution is 5.99. The van der Waals surface area contributed by atoms with Crippen LogP contribution >= 0.6 is 0 Å². The third kappa shape index (κ3) is 1.67. The van der Waals surface area contributed by atoms with Gasteiger partial charge in [0.2, 0.25) is 5.91 Å². The van der Waals surface area contributed by atoms with Gasteiger partial charge in [0, 0.05) is 12.2 Å². The molecule has 0 unspecified atom stereocenters. The summed E-state index contributed by atoms with van der Waals surface area (Å²) in [5, 5.41) is 2.81. The minimum absolute atomic E-state index is 0.0694. The molecule has 0 bridgehead atoms. The Balaban J connectivity index is 2.28. The molecule has 3 heteroatoms. The van der Waals surface area contributed by atoms with Gasteiger partial charge in [-0.15, -0.1) is 0 Å². The normalized spacial score (nSPS) is 14.5. The minimum atomic E-state index is 0.0694. The Morgan fingerprint density at radius 3 is 3.14 bits per heavy atom. The molecule has 1 aliphatic rings. The first-order chi connectivity index (χ1) is 6.79. The van der Waals surface area contributed by atoms with Crippen LogP contribution in [0.15, 0.2) is 24.3 Å². The maximum Gasteiger partial charge on any atom is 0.228 e. The van der Waals surface area contributed by atoms with Crippen LogP contribution in [0.1, 0.15) is 11.1 Å². The summed E-state index contributed by atoms with van der Waals surface area (Å²) in [4.78, 5) is 11.1. The quantitative estimate of drug-likeness (QED) is 0.731. The molecule has 14 heavy (non-hydrogen) atoms. The fraction of sp³-hybridized carbons (Fsp3) is 0.182. The van der Waals surface area contributed by atoms with Crippen LogP contribution in [0.3, 0.4) is 0 Å². The molecule has 0 aliphatic carbocycles. The van der Waals surface area contributed by atoms with Crippen molar-refractivity contribution in [1.29, 1.82) is 0 Å². The first-order valence-electron chi connectivity index (χ1n) is 4.59. The van der Waals surface area contributed by atoms with E-state index in [2.05, 4.69) is 5.32 Å². The lowest BCUT2D eigenvalue weighted by Gasteiger charge is -1.99. The zero-order chi connectivity index (χ0) is 9.97. The Bertz CT molecular complexity index is 396. The second kappa shape index (κ2) is 3.64. The first-order valence-corrected chi connectivity index (χ1v) is 4.59. The Morgan fingerprint density at radius 2 is 2.36 bits per heavy atom. The number of hydrogen-bond acceptors (Lipinski definition) is 2. The van der Waals surface area contributed by atoms with E-state index in [9.17, 15) is 4.79 Å². The second-order valence-corrected chi connectivity index (χ2v) is 3.28. The predicted molar refractivity (Wildman–Crippen MR) is 56.9 cm³/mol. The largest absolute Gasteiger partial charge is 0.327 e. The van der Waals surface area contributed by atoms with E-state index in [1.807, 2.05) is 30.4 Å². The second-order valence-electron chi connectivity index (χ2n) is 3.28. The van der Waals surface area contributed by atoms with Crippen molar-refractivity contribution in [3.8, 4) is 0 Å². The molecule has 1 aromatic rings. The summed E-state index contributed by atoms with van der Waals surface area (Å²) >= 11 is 0. The van der Waals surface area contributed by atoms with Crippen LogP contribution in [0.2, 0.25) is 0 Å². The summed E-state index contributed by atoms with van der Waals surface area (Å²) in [6.45, 7) is 0.531. The lowest BCUT2D eigenvalue weighted by molar-refractivity contribution is -0.115. The fourth-order valence-corrected chi connectivity index (χ4v) is 1.54. The molecule has 0 saturated carbocycles. The van der Waals surface area contributed by atoms with E-state index < -0.39 is 0 Å². The Kier molecular flexibility index (Phi) is 2.33. The predicted octanol–water partition coefficient (Wildman–Crippen LogP) is 1.15. The number of carbonyl (C=O) groups excluding carboxylic acids is 1. The lowest BCUT2D eigenvalue weighted by atomic mass is 10.1. The van der Waals surface area contributed by atoms with Crippen molar-refractivity contribution < 1.29 is 4.79 Å². The number of nitrogens with two attached hydrogens (primary N) is 1. The Morgan fingerprint density at radius 1 is 1.50 bits per heavy atom. The van der Waals surface area contributed by atoms with Crippen molar-refractivity contribution in [2.45, 2.75) is 6.42 Å². The molecule has 0 atom stereocenters. The summed E-state index contributed by atoms with van der Waals surface area (Å²) in [6.07, 6.45) is 4.33. The molecule has 2 rings (SSSR count). The molecule has 0 fully saturated rings. The van der Waals surface area contributed by atoms with Crippen LogP contribution in [0.4, 0.5) is 5.69 Å². The van der Waals surface area contributed by atoms with Crippen molar-refractivity contribution >= 4 is 17.7 Å². The summed E-state index contributed by atoms with van der Waals surface area (Å²) in [7, 11) is 0. The molecule has 0 radical (unpaired) electrons. The highest BCUT2D eigenvalue weighted by Crippen LogP contribution is 2.24. The molecule has 72 valence electrons. The van der Waals surface area contributed by atoms with Crippen molar-refractivity contribution in [2.24, 2.45) is 5.73 Å². The lowest BCUT2D eigenvalue weighted by Crippen LogP contribution is -2.03. The molecule has 3 nitrogen and oxygen atoms in total. The first kappa shape index (κ1) is 8.97.